The summed E-state index contributed by atoms with van der Waals surface area (Å²) in [5.41, 5.74) is 2.10. The Morgan fingerprint density at radius 3 is 2.62 bits per heavy atom. The van der Waals surface area contributed by atoms with Gasteiger partial charge in [0.25, 0.3) is 0 Å². The molecule has 0 saturated carbocycles. The van der Waals surface area contributed by atoms with Crippen molar-refractivity contribution in [3.8, 4) is 0 Å². The highest BCUT2D eigenvalue weighted by Crippen LogP contribution is 2.24. The van der Waals surface area contributed by atoms with Crippen molar-refractivity contribution >= 4 is 18.5 Å². The summed E-state index contributed by atoms with van der Waals surface area (Å²) < 4.78 is 5.82. The first-order valence-electron chi connectivity index (χ1n) is 7.53. The zero-order valence-electron chi connectivity index (χ0n) is 13.4. The van der Waals surface area contributed by atoms with Gasteiger partial charge in [-0.2, -0.15) is 0 Å². The normalized spacial score (nSPS) is 16.5. The van der Waals surface area contributed by atoms with Crippen molar-refractivity contribution in [1.29, 1.82) is 0 Å². The van der Waals surface area contributed by atoms with Gasteiger partial charge in [0.15, 0.2) is 0 Å². The second-order valence-electron chi connectivity index (χ2n) is 6.61. The third-order valence-electron chi connectivity index (χ3n) is 4.28. The first-order valence-corrected chi connectivity index (χ1v) is 7.53. The van der Waals surface area contributed by atoms with Gasteiger partial charge in [-0.1, -0.05) is 35.8 Å². The van der Waals surface area contributed by atoms with E-state index in [1.165, 1.54) is 11.1 Å². The lowest BCUT2D eigenvalue weighted by molar-refractivity contribution is -0.0893. The van der Waals surface area contributed by atoms with E-state index in [-0.39, 0.29) is 0 Å². The topological polar surface area (TPSA) is 41.5 Å². The Hall–Kier alpha value is -1.10. The van der Waals surface area contributed by atoms with Crippen LogP contribution in [0, 0.1) is 0 Å². The van der Waals surface area contributed by atoms with E-state index in [9.17, 15) is 5.11 Å². The quantitative estimate of drug-likeness (QED) is 0.812. The maximum absolute atomic E-state index is 10.1. The summed E-state index contributed by atoms with van der Waals surface area (Å²) in [4.78, 5) is 0. The van der Waals surface area contributed by atoms with E-state index in [4.69, 9.17) is 4.65 Å². The Morgan fingerprint density at radius 1 is 1.24 bits per heavy atom. The van der Waals surface area contributed by atoms with Gasteiger partial charge in [0, 0.05) is 6.54 Å². The highest BCUT2D eigenvalue weighted by atomic mass is 16.5. The van der Waals surface area contributed by atoms with Crippen LogP contribution in [0.5, 0.6) is 0 Å². The minimum absolute atomic E-state index is 0.642. The van der Waals surface area contributed by atoms with Crippen LogP contribution in [0.2, 0.25) is 0 Å². The third kappa shape index (κ3) is 4.19. The fourth-order valence-electron chi connectivity index (χ4n) is 2.06. The molecule has 0 spiro atoms. The Kier molecular flexibility index (Phi) is 4.92. The monoisotopic (exact) mass is 286 g/mol. The predicted molar refractivity (Wildman–Crippen MR) is 88.8 cm³/mol. The van der Waals surface area contributed by atoms with Crippen molar-refractivity contribution in [3.63, 3.8) is 0 Å². The molecule has 4 heteroatoms. The van der Waals surface area contributed by atoms with E-state index in [0.29, 0.717) is 0 Å². The lowest BCUT2D eigenvalue weighted by atomic mass is 9.81. The molecule has 1 aliphatic rings. The largest absolute Gasteiger partial charge is 0.427 e. The molecular formula is C17H25BNO2. The van der Waals surface area contributed by atoms with Gasteiger partial charge in [-0.3, -0.25) is 0 Å². The lowest BCUT2D eigenvalue weighted by Crippen LogP contribution is -2.49. The van der Waals surface area contributed by atoms with E-state index < -0.39 is 11.2 Å². The fourth-order valence-corrected chi connectivity index (χ4v) is 2.06. The van der Waals surface area contributed by atoms with Crippen molar-refractivity contribution in [2.75, 3.05) is 13.1 Å². The molecule has 0 aliphatic carbocycles. The summed E-state index contributed by atoms with van der Waals surface area (Å²) in [6.45, 7) is 9.27. The van der Waals surface area contributed by atoms with Crippen LogP contribution in [0.4, 0.5) is 0 Å². The summed E-state index contributed by atoms with van der Waals surface area (Å²) in [6, 6.07) is 8.34. The van der Waals surface area contributed by atoms with Gasteiger partial charge in [0.2, 0.25) is 0 Å². The first-order chi connectivity index (χ1) is 9.79. The zero-order chi connectivity index (χ0) is 15.5. The van der Waals surface area contributed by atoms with Gasteiger partial charge in [-0.15, -0.1) is 0 Å². The maximum atomic E-state index is 10.1. The average molecular weight is 286 g/mol. The molecule has 0 fully saturated rings. The van der Waals surface area contributed by atoms with Crippen molar-refractivity contribution < 1.29 is 9.76 Å². The van der Waals surface area contributed by atoms with Crippen LogP contribution in [0.3, 0.4) is 0 Å². The Morgan fingerprint density at radius 2 is 2.00 bits per heavy atom. The molecule has 3 nitrogen and oxygen atoms in total. The molecule has 2 rings (SSSR count). The van der Waals surface area contributed by atoms with Gasteiger partial charge in [-0.05, 0) is 51.8 Å². The van der Waals surface area contributed by atoms with E-state index in [0.717, 1.165) is 25.0 Å². The molecule has 1 aromatic rings. The second kappa shape index (κ2) is 6.35. The Bertz CT molecular complexity index is 518. The standard InChI is InChI=1S/C17H25BNO2/c1-16(2,20)17(3,4)21-18-15-7-5-6-14(12-15)13-8-10-19-11-9-13/h5-8,12,19-20H,9-11H2,1-4H3. The molecule has 1 aromatic carbocycles. The number of hydrogen-bond acceptors (Lipinski definition) is 3. The number of benzene rings is 1. The number of aliphatic hydroxyl groups is 1. The molecule has 0 aromatic heterocycles. The highest BCUT2D eigenvalue weighted by Gasteiger charge is 2.35. The molecule has 0 amide bonds. The van der Waals surface area contributed by atoms with E-state index in [2.05, 4.69) is 23.5 Å². The second-order valence-corrected chi connectivity index (χ2v) is 6.61. The summed E-state index contributed by atoms with van der Waals surface area (Å²) in [7, 11) is 1.74. The van der Waals surface area contributed by atoms with Gasteiger partial charge < -0.3 is 15.1 Å². The number of hydrogen-bond donors (Lipinski definition) is 2. The van der Waals surface area contributed by atoms with Gasteiger partial charge in [0.05, 0.1) is 11.2 Å². The first kappa shape index (κ1) is 16.3. The highest BCUT2D eigenvalue weighted by molar-refractivity contribution is 6.47. The molecule has 1 radical (unpaired) electrons. The number of rotatable bonds is 5. The average Bonchev–Trinajstić information content (AvgIpc) is 2.45. The van der Waals surface area contributed by atoms with Crippen LogP contribution < -0.4 is 10.8 Å². The van der Waals surface area contributed by atoms with Crippen LogP contribution in [0.1, 0.15) is 39.7 Å². The van der Waals surface area contributed by atoms with Gasteiger partial charge in [-0.25, -0.2) is 0 Å². The van der Waals surface area contributed by atoms with Crippen molar-refractivity contribution in [2.24, 2.45) is 0 Å². The fraction of sp³-hybridized carbons (Fsp3) is 0.529. The van der Waals surface area contributed by atoms with Crippen molar-refractivity contribution in [1.82, 2.24) is 5.32 Å². The van der Waals surface area contributed by atoms with Gasteiger partial charge >= 0.3 is 7.48 Å². The van der Waals surface area contributed by atoms with E-state index in [1.807, 2.05) is 26.0 Å². The SMILES string of the molecule is CC(C)(O)C(C)(C)O[B]c1cccc(C2=CCNCC2)c1. The van der Waals surface area contributed by atoms with Crippen molar-refractivity contribution in [2.45, 2.75) is 45.3 Å². The summed E-state index contributed by atoms with van der Waals surface area (Å²) in [6.07, 6.45) is 3.30. The van der Waals surface area contributed by atoms with E-state index >= 15 is 0 Å². The van der Waals surface area contributed by atoms with E-state index in [1.54, 1.807) is 21.3 Å². The smallest absolute Gasteiger partial charge is 0.330 e. The maximum Gasteiger partial charge on any atom is 0.330 e. The summed E-state index contributed by atoms with van der Waals surface area (Å²) >= 11 is 0. The number of nitrogens with one attached hydrogen (secondary N) is 1. The molecule has 2 N–H and O–H groups in total. The molecular weight excluding hydrogens is 261 g/mol. The molecule has 113 valence electrons. The Labute approximate surface area is 128 Å². The van der Waals surface area contributed by atoms with Crippen LogP contribution in [-0.2, 0) is 4.65 Å². The summed E-state index contributed by atoms with van der Waals surface area (Å²) in [5, 5.41) is 13.4. The van der Waals surface area contributed by atoms with Crippen molar-refractivity contribution in [3.05, 3.63) is 35.9 Å². The van der Waals surface area contributed by atoms with Crippen LogP contribution in [-0.4, -0.2) is 36.9 Å². The molecule has 0 bridgehead atoms. The molecule has 21 heavy (non-hydrogen) atoms. The van der Waals surface area contributed by atoms with Crippen LogP contribution in [0.15, 0.2) is 30.3 Å². The molecule has 1 heterocycles. The minimum Gasteiger partial charge on any atom is -0.427 e. The third-order valence-corrected chi connectivity index (χ3v) is 4.28. The molecule has 0 unspecified atom stereocenters. The molecule has 0 atom stereocenters. The molecule has 0 saturated heterocycles. The summed E-state index contributed by atoms with van der Waals surface area (Å²) in [5.74, 6) is 0. The van der Waals surface area contributed by atoms with Crippen LogP contribution >= 0.6 is 0 Å². The minimum atomic E-state index is -0.904. The van der Waals surface area contributed by atoms with Gasteiger partial charge in [0.1, 0.15) is 0 Å². The predicted octanol–water partition coefficient (Wildman–Crippen LogP) is 1.87. The Balaban J connectivity index is 2.07. The molecule has 1 aliphatic heterocycles. The lowest BCUT2D eigenvalue weighted by Gasteiger charge is -2.37. The van der Waals surface area contributed by atoms with Crippen LogP contribution in [0.25, 0.3) is 5.57 Å². The zero-order valence-corrected chi connectivity index (χ0v) is 13.4.